The average molecular weight is 367 g/mol. The highest BCUT2D eigenvalue weighted by atomic mass is 35.5. The molecular weight excluding hydrogens is 348 g/mol. The third-order valence-corrected chi connectivity index (χ3v) is 5.75. The van der Waals surface area contributed by atoms with Crippen LogP contribution in [0.2, 0.25) is 5.02 Å². The summed E-state index contributed by atoms with van der Waals surface area (Å²) in [6.45, 7) is 3.70. The second-order valence-corrected chi connectivity index (χ2v) is 8.22. The van der Waals surface area contributed by atoms with Crippen molar-refractivity contribution in [2.24, 2.45) is 4.99 Å². The van der Waals surface area contributed by atoms with Crippen molar-refractivity contribution < 1.29 is 13.5 Å². The number of rotatable bonds is 4. The molecule has 0 atom stereocenters. The summed E-state index contributed by atoms with van der Waals surface area (Å²) < 4.78 is 25.8. The Bertz CT molecular complexity index is 906. The van der Waals surface area contributed by atoms with E-state index >= 15 is 0 Å². The maximum absolute atomic E-state index is 12.3. The number of aromatic hydroxyl groups is 1. The molecular formula is C17H19ClN2O3S. The van der Waals surface area contributed by atoms with Gasteiger partial charge in [0, 0.05) is 30.9 Å². The van der Waals surface area contributed by atoms with Crippen LogP contribution in [-0.2, 0) is 10.0 Å². The summed E-state index contributed by atoms with van der Waals surface area (Å²) in [6, 6.07) is 7.79. The van der Waals surface area contributed by atoms with Crippen molar-refractivity contribution >= 4 is 33.5 Å². The van der Waals surface area contributed by atoms with E-state index in [1.807, 2.05) is 13.8 Å². The van der Waals surface area contributed by atoms with Crippen LogP contribution in [0.4, 0.5) is 5.69 Å². The van der Waals surface area contributed by atoms with Gasteiger partial charge in [-0.15, -0.1) is 0 Å². The maximum atomic E-state index is 12.3. The van der Waals surface area contributed by atoms with Gasteiger partial charge < -0.3 is 5.11 Å². The summed E-state index contributed by atoms with van der Waals surface area (Å²) >= 11 is 5.92. The first-order valence-electron chi connectivity index (χ1n) is 7.19. The van der Waals surface area contributed by atoms with Crippen molar-refractivity contribution in [2.45, 2.75) is 18.7 Å². The molecule has 0 amide bonds. The molecule has 0 radical (unpaired) electrons. The van der Waals surface area contributed by atoms with Crippen molar-refractivity contribution in [1.82, 2.24) is 4.31 Å². The molecule has 24 heavy (non-hydrogen) atoms. The molecule has 0 aliphatic heterocycles. The normalized spacial score (nSPS) is 12.2. The molecule has 0 bridgehead atoms. The van der Waals surface area contributed by atoms with Crippen LogP contribution in [0.25, 0.3) is 0 Å². The number of benzene rings is 2. The first kappa shape index (κ1) is 18.4. The molecule has 0 spiro atoms. The van der Waals surface area contributed by atoms with Crippen LogP contribution in [-0.4, -0.2) is 38.1 Å². The zero-order valence-electron chi connectivity index (χ0n) is 13.9. The van der Waals surface area contributed by atoms with Crippen LogP contribution >= 0.6 is 11.6 Å². The van der Waals surface area contributed by atoms with Gasteiger partial charge in [-0.25, -0.2) is 12.7 Å². The van der Waals surface area contributed by atoms with Gasteiger partial charge in [0.15, 0.2) is 0 Å². The molecule has 2 aromatic carbocycles. The molecule has 2 aromatic rings. The average Bonchev–Trinajstić information content (AvgIpc) is 2.51. The number of aliphatic imine (C=N–C) groups is 1. The molecule has 0 unspecified atom stereocenters. The van der Waals surface area contributed by atoms with Gasteiger partial charge in [0.25, 0.3) is 0 Å². The lowest BCUT2D eigenvalue weighted by molar-refractivity contribution is 0.474. The van der Waals surface area contributed by atoms with Crippen molar-refractivity contribution in [2.75, 3.05) is 14.1 Å². The zero-order valence-corrected chi connectivity index (χ0v) is 15.5. The molecule has 5 nitrogen and oxygen atoms in total. The summed E-state index contributed by atoms with van der Waals surface area (Å²) in [5, 5.41) is 10.3. The lowest BCUT2D eigenvalue weighted by Crippen LogP contribution is -2.22. The van der Waals surface area contributed by atoms with E-state index in [-0.39, 0.29) is 10.6 Å². The Labute approximate surface area is 147 Å². The number of nitrogens with zero attached hydrogens (tertiary/aromatic N) is 2. The first-order chi connectivity index (χ1) is 11.1. The van der Waals surface area contributed by atoms with Crippen molar-refractivity contribution in [3.63, 3.8) is 0 Å². The third kappa shape index (κ3) is 3.77. The lowest BCUT2D eigenvalue weighted by atomic mass is 10.1. The number of phenols is 1. The van der Waals surface area contributed by atoms with Gasteiger partial charge in [0.1, 0.15) is 5.75 Å². The van der Waals surface area contributed by atoms with Crippen LogP contribution < -0.4 is 0 Å². The minimum atomic E-state index is -3.55. The molecule has 1 N–H and O–H groups in total. The summed E-state index contributed by atoms with van der Waals surface area (Å²) in [6.07, 6.45) is 1.47. The quantitative estimate of drug-likeness (QED) is 0.839. The SMILES string of the molecule is Cc1cc(S(=O)(=O)N(C)C)cc(N=Cc2cc(Cl)ccc2O)c1C. The van der Waals surface area contributed by atoms with Gasteiger partial charge in [-0.05, 0) is 55.3 Å². The Kier molecular flexibility index (Phi) is 5.32. The predicted octanol–water partition coefficient (Wildman–Crippen LogP) is 3.66. The van der Waals surface area contributed by atoms with E-state index in [0.717, 1.165) is 15.4 Å². The number of aryl methyl sites for hydroxylation is 1. The molecule has 0 heterocycles. The largest absolute Gasteiger partial charge is 0.507 e. The Morgan fingerprint density at radius 2 is 1.83 bits per heavy atom. The smallest absolute Gasteiger partial charge is 0.242 e. The summed E-state index contributed by atoms with van der Waals surface area (Å²) in [4.78, 5) is 4.52. The molecule has 128 valence electrons. The molecule has 0 aliphatic rings. The van der Waals surface area contributed by atoms with E-state index in [9.17, 15) is 13.5 Å². The maximum Gasteiger partial charge on any atom is 0.242 e. The van der Waals surface area contributed by atoms with Crippen LogP contribution in [0.5, 0.6) is 5.75 Å². The Balaban J connectivity index is 2.53. The Morgan fingerprint density at radius 3 is 2.46 bits per heavy atom. The summed E-state index contributed by atoms with van der Waals surface area (Å²) in [7, 11) is -0.580. The summed E-state index contributed by atoms with van der Waals surface area (Å²) in [5.41, 5.74) is 2.67. The zero-order chi connectivity index (χ0) is 18.1. The fourth-order valence-electron chi connectivity index (χ4n) is 2.07. The minimum Gasteiger partial charge on any atom is -0.507 e. The topological polar surface area (TPSA) is 70.0 Å². The van der Waals surface area contributed by atoms with E-state index in [1.54, 1.807) is 18.2 Å². The van der Waals surface area contributed by atoms with Crippen LogP contribution in [0.15, 0.2) is 40.2 Å². The van der Waals surface area contributed by atoms with Crippen molar-refractivity contribution in [1.29, 1.82) is 0 Å². The number of halogens is 1. The van der Waals surface area contributed by atoms with Crippen molar-refractivity contribution in [3.8, 4) is 5.75 Å². The predicted molar refractivity (Wildman–Crippen MR) is 97.2 cm³/mol. The van der Waals surface area contributed by atoms with Gasteiger partial charge in [0.05, 0.1) is 10.6 Å². The van der Waals surface area contributed by atoms with Gasteiger partial charge in [-0.2, -0.15) is 0 Å². The Morgan fingerprint density at radius 1 is 1.17 bits per heavy atom. The highest BCUT2D eigenvalue weighted by Crippen LogP contribution is 2.28. The Hall–Kier alpha value is -1.89. The van der Waals surface area contributed by atoms with Crippen molar-refractivity contribution in [3.05, 3.63) is 52.0 Å². The van der Waals surface area contributed by atoms with E-state index in [1.165, 1.54) is 32.4 Å². The van der Waals surface area contributed by atoms with Gasteiger partial charge in [-0.3, -0.25) is 4.99 Å². The fraction of sp³-hybridized carbons (Fsp3) is 0.235. The third-order valence-electron chi connectivity index (χ3n) is 3.72. The van der Waals surface area contributed by atoms with E-state index in [4.69, 9.17) is 11.6 Å². The van der Waals surface area contributed by atoms with Gasteiger partial charge in [-0.1, -0.05) is 11.6 Å². The van der Waals surface area contributed by atoms with Crippen LogP contribution in [0, 0.1) is 13.8 Å². The lowest BCUT2D eigenvalue weighted by Gasteiger charge is -2.14. The van der Waals surface area contributed by atoms with E-state index in [0.29, 0.717) is 16.3 Å². The van der Waals surface area contributed by atoms with Crippen LogP contribution in [0.1, 0.15) is 16.7 Å². The molecule has 0 aromatic heterocycles. The summed E-state index contributed by atoms with van der Waals surface area (Å²) in [5.74, 6) is 0.0505. The van der Waals surface area contributed by atoms with Gasteiger partial charge in [0.2, 0.25) is 10.0 Å². The number of hydrogen-bond donors (Lipinski definition) is 1. The number of phenolic OH excluding ortho intramolecular Hbond substituents is 1. The van der Waals surface area contributed by atoms with E-state index < -0.39 is 10.0 Å². The molecule has 0 saturated carbocycles. The highest BCUT2D eigenvalue weighted by Gasteiger charge is 2.19. The first-order valence-corrected chi connectivity index (χ1v) is 9.01. The molecule has 0 aliphatic carbocycles. The second-order valence-electron chi connectivity index (χ2n) is 5.63. The van der Waals surface area contributed by atoms with E-state index in [2.05, 4.69) is 4.99 Å². The highest BCUT2D eigenvalue weighted by molar-refractivity contribution is 7.89. The molecule has 0 fully saturated rings. The number of sulfonamides is 1. The minimum absolute atomic E-state index is 0.0505. The molecule has 0 saturated heterocycles. The molecule has 7 heteroatoms. The fourth-order valence-corrected chi connectivity index (χ4v) is 3.26. The monoisotopic (exact) mass is 366 g/mol. The molecule has 2 rings (SSSR count). The van der Waals surface area contributed by atoms with Crippen LogP contribution in [0.3, 0.4) is 0 Å². The van der Waals surface area contributed by atoms with Gasteiger partial charge >= 0.3 is 0 Å². The number of hydrogen-bond acceptors (Lipinski definition) is 4. The standard InChI is InChI=1S/C17H19ClN2O3S/c1-11-7-15(24(22,23)20(3)4)9-16(12(11)2)19-10-13-8-14(18)5-6-17(13)21/h5-10,21H,1-4H3. The second kappa shape index (κ2) is 6.93.